The minimum Gasteiger partial charge on any atom is -0.456 e. The summed E-state index contributed by atoms with van der Waals surface area (Å²) < 4.78 is 11.4. The van der Waals surface area contributed by atoms with Crippen molar-refractivity contribution in [1.82, 2.24) is 4.57 Å². The van der Waals surface area contributed by atoms with Crippen molar-refractivity contribution in [2.75, 3.05) is 0 Å². The zero-order chi connectivity index (χ0) is 33.5. The molecule has 0 aliphatic carbocycles. The van der Waals surface area contributed by atoms with Crippen LogP contribution in [0.2, 0.25) is 0 Å². The van der Waals surface area contributed by atoms with Gasteiger partial charge < -0.3 is 8.98 Å². The molecule has 3 heterocycles. The zero-order valence-electron chi connectivity index (χ0n) is 27.5. The number of furan rings is 1. The van der Waals surface area contributed by atoms with Crippen LogP contribution in [0.1, 0.15) is 0 Å². The highest BCUT2D eigenvalue weighted by molar-refractivity contribution is 7.26. The third-order valence-corrected chi connectivity index (χ3v) is 11.7. The second-order valence-electron chi connectivity index (χ2n) is 13.3. The van der Waals surface area contributed by atoms with Gasteiger partial charge in [-0.25, -0.2) is 0 Å². The van der Waals surface area contributed by atoms with E-state index in [1.54, 1.807) is 0 Å². The lowest BCUT2D eigenvalue weighted by atomic mass is 9.95. The molecule has 3 heteroatoms. The maximum Gasteiger partial charge on any atom is 0.136 e. The SMILES string of the molecule is c1ccc(-c2ccc3c4ccccc4n(-c4cccc5c4sc4c(-c6ccccc6)cc(-c6ccc7c(c6)oc6ccccc67)cc45)c3c2)cc1. The lowest BCUT2D eigenvalue weighted by molar-refractivity contribution is 0.669. The van der Waals surface area contributed by atoms with Crippen molar-refractivity contribution in [3.8, 4) is 39.1 Å². The molecule has 0 spiro atoms. The Labute approximate surface area is 298 Å². The fourth-order valence-electron chi connectivity index (χ4n) is 8.01. The predicted octanol–water partition coefficient (Wildman–Crippen LogP) is 14.1. The van der Waals surface area contributed by atoms with E-state index in [-0.39, 0.29) is 0 Å². The van der Waals surface area contributed by atoms with Gasteiger partial charge in [-0.05, 0) is 76.3 Å². The summed E-state index contributed by atoms with van der Waals surface area (Å²) in [6.07, 6.45) is 0. The van der Waals surface area contributed by atoms with Crippen molar-refractivity contribution in [2.24, 2.45) is 0 Å². The summed E-state index contributed by atoms with van der Waals surface area (Å²) in [6.45, 7) is 0. The highest BCUT2D eigenvalue weighted by Gasteiger charge is 2.20. The summed E-state index contributed by atoms with van der Waals surface area (Å²) in [4.78, 5) is 0. The Hall–Kier alpha value is -6.42. The molecule has 0 saturated heterocycles. The topological polar surface area (TPSA) is 18.1 Å². The molecule has 8 aromatic carbocycles. The van der Waals surface area contributed by atoms with E-state index in [1.165, 1.54) is 75.5 Å². The lowest BCUT2D eigenvalue weighted by Gasteiger charge is -2.10. The number of hydrogen-bond acceptors (Lipinski definition) is 2. The van der Waals surface area contributed by atoms with Gasteiger partial charge in [0.1, 0.15) is 11.2 Å². The molecule has 0 aliphatic rings. The smallest absolute Gasteiger partial charge is 0.136 e. The Balaban J connectivity index is 1.19. The van der Waals surface area contributed by atoms with Crippen LogP contribution in [0.15, 0.2) is 180 Å². The van der Waals surface area contributed by atoms with Crippen molar-refractivity contribution >= 4 is 75.3 Å². The van der Waals surface area contributed by atoms with E-state index in [0.717, 1.165) is 27.5 Å². The van der Waals surface area contributed by atoms with Gasteiger partial charge in [0.2, 0.25) is 0 Å². The number of aromatic nitrogens is 1. The molecule has 0 fully saturated rings. The zero-order valence-corrected chi connectivity index (χ0v) is 28.3. The summed E-state index contributed by atoms with van der Waals surface area (Å²) in [5, 5.41) is 7.35. The van der Waals surface area contributed by atoms with Gasteiger partial charge in [0.15, 0.2) is 0 Å². The molecule has 3 aromatic heterocycles. The average molecular weight is 668 g/mol. The molecule has 238 valence electrons. The highest BCUT2D eigenvalue weighted by atomic mass is 32.1. The number of benzene rings is 8. The highest BCUT2D eigenvalue weighted by Crippen LogP contribution is 2.46. The van der Waals surface area contributed by atoms with Crippen LogP contribution < -0.4 is 0 Å². The predicted molar refractivity (Wildman–Crippen MR) is 217 cm³/mol. The summed E-state index contributed by atoms with van der Waals surface area (Å²) >= 11 is 1.90. The van der Waals surface area contributed by atoms with Crippen LogP contribution >= 0.6 is 11.3 Å². The Morgan fingerprint density at radius 1 is 0.353 bits per heavy atom. The Bertz CT molecular complexity index is 3130. The average Bonchev–Trinajstić information content (AvgIpc) is 3.87. The number of thiophene rings is 1. The molecule has 0 aliphatic heterocycles. The van der Waals surface area contributed by atoms with Crippen LogP contribution in [0.25, 0.3) is 103 Å². The first-order valence-corrected chi connectivity index (χ1v) is 18.2. The first-order chi connectivity index (χ1) is 25.3. The van der Waals surface area contributed by atoms with Crippen molar-refractivity contribution in [3.05, 3.63) is 176 Å². The second kappa shape index (κ2) is 11.0. The third kappa shape index (κ3) is 4.35. The van der Waals surface area contributed by atoms with Crippen molar-refractivity contribution in [1.29, 1.82) is 0 Å². The quantitative estimate of drug-likeness (QED) is 0.183. The van der Waals surface area contributed by atoms with Gasteiger partial charge in [-0.2, -0.15) is 0 Å². The summed E-state index contributed by atoms with van der Waals surface area (Å²) in [7, 11) is 0. The van der Waals surface area contributed by atoms with E-state index in [0.29, 0.717) is 0 Å². The first-order valence-electron chi connectivity index (χ1n) is 17.3. The Kier molecular flexibility index (Phi) is 6.16. The molecular weight excluding hydrogens is 639 g/mol. The summed E-state index contributed by atoms with van der Waals surface area (Å²) in [5.74, 6) is 0. The van der Waals surface area contributed by atoms with Crippen molar-refractivity contribution in [2.45, 2.75) is 0 Å². The molecule has 0 radical (unpaired) electrons. The standard InChI is InChI=1S/C48H29NOS/c1-3-12-30(13-4-1)32-22-24-36-35-16-7-9-19-42(35)49(44(36)28-32)43-20-11-18-39-41-27-34(26-40(47(41)51-48(39)43)31-14-5-2-6-15-31)33-23-25-38-37-17-8-10-21-45(37)50-46(38)29-33/h1-29H. The molecule has 0 unspecified atom stereocenters. The molecule has 0 bridgehead atoms. The lowest BCUT2D eigenvalue weighted by Crippen LogP contribution is -1.94. The van der Waals surface area contributed by atoms with E-state index in [1.807, 2.05) is 23.5 Å². The van der Waals surface area contributed by atoms with Crippen molar-refractivity contribution in [3.63, 3.8) is 0 Å². The molecule has 0 atom stereocenters. The fourth-order valence-corrected chi connectivity index (χ4v) is 9.33. The monoisotopic (exact) mass is 667 g/mol. The van der Waals surface area contributed by atoms with E-state index in [2.05, 4.69) is 168 Å². The van der Waals surface area contributed by atoms with Gasteiger partial charge >= 0.3 is 0 Å². The summed E-state index contributed by atoms with van der Waals surface area (Å²) in [6, 6.07) is 63.7. The molecule has 0 saturated carbocycles. The van der Waals surface area contributed by atoms with E-state index in [9.17, 15) is 0 Å². The molecule has 0 amide bonds. The van der Waals surface area contributed by atoms with E-state index in [4.69, 9.17) is 4.42 Å². The van der Waals surface area contributed by atoms with Crippen LogP contribution in [0.4, 0.5) is 0 Å². The Morgan fingerprint density at radius 2 is 1.00 bits per heavy atom. The van der Waals surface area contributed by atoms with Gasteiger partial charge in [-0.3, -0.25) is 0 Å². The largest absolute Gasteiger partial charge is 0.456 e. The number of para-hydroxylation sites is 2. The van der Waals surface area contributed by atoms with Gasteiger partial charge in [0.05, 0.1) is 21.4 Å². The molecule has 11 aromatic rings. The number of rotatable bonds is 4. The molecule has 2 nitrogen and oxygen atoms in total. The maximum atomic E-state index is 6.34. The van der Waals surface area contributed by atoms with Gasteiger partial charge in [0.25, 0.3) is 0 Å². The minimum absolute atomic E-state index is 0.911. The van der Waals surface area contributed by atoms with Gasteiger partial charge in [-0.1, -0.05) is 127 Å². The first kappa shape index (κ1) is 28.4. The van der Waals surface area contributed by atoms with E-state index >= 15 is 0 Å². The van der Waals surface area contributed by atoms with Crippen LogP contribution in [0.5, 0.6) is 0 Å². The molecular formula is C48H29NOS. The number of fused-ring (bicyclic) bond motifs is 9. The maximum absolute atomic E-state index is 6.34. The van der Waals surface area contributed by atoms with E-state index < -0.39 is 0 Å². The number of nitrogens with zero attached hydrogens (tertiary/aromatic N) is 1. The fraction of sp³-hybridized carbons (Fsp3) is 0. The Morgan fingerprint density at radius 3 is 1.84 bits per heavy atom. The molecule has 51 heavy (non-hydrogen) atoms. The van der Waals surface area contributed by atoms with Crippen LogP contribution in [-0.2, 0) is 0 Å². The van der Waals surface area contributed by atoms with Crippen molar-refractivity contribution < 1.29 is 4.42 Å². The molecule has 11 rings (SSSR count). The summed E-state index contributed by atoms with van der Waals surface area (Å²) in [5.41, 5.74) is 12.7. The van der Waals surface area contributed by atoms with Gasteiger partial charge in [0, 0.05) is 42.6 Å². The molecule has 0 N–H and O–H groups in total. The minimum atomic E-state index is 0.911. The van der Waals surface area contributed by atoms with Crippen LogP contribution in [0.3, 0.4) is 0 Å². The number of hydrogen-bond donors (Lipinski definition) is 0. The van der Waals surface area contributed by atoms with Crippen LogP contribution in [-0.4, -0.2) is 4.57 Å². The third-order valence-electron chi connectivity index (χ3n) is 10.4. The second-order valence-corrected chi connectivity index (χ2v) is 14.3. The van der Waals surface area contributed by atoms with Gasteiger partial charge in [-0.15, -0.1) is 11.3 Å². The van der Waals surface area contributed by atoms with Crippen LogP contribution in [0, 0.1) is 0 Å². The normalized spacial score (nSPS) is 11.9.